The molecule has 2 aromatic rings. The van der Waals surface area contributed by atoms with Gasteiger partial charge in [-0.05, 0) is 48.2 Å². The van der Waals surface area contributed by atoms with Crippen molar-refractivity contribution >= 4 is 5.69 Å². The van der Waals surface area contributed by atoms with E-state index in [2.05, 4.69) is 75.5 Å². The van der Waals surface area contributed by atoms with Crippen molar-refractivity contribution in [3.05, 3.63) is 53.6 Å². The van der Waals surface area contributed by atoms with E-state index in [-0.39, 0.29) is 5.41 Å². The first-order valence-electron chi connectivity index (χ1n) is 7.01. The van der Waals surface area contributed by atoms with Gasteiger partial charge in [0, 0.05) is 17.1 Å². The number of rotatable bonds is 2. The van der Waals surface area contributed by atoms with Crippen molar-refractivity contribution in [1.82, 2.24) is 0 Å². The molecule has 19 heavy (non-hydrogen) atoms. The fraction of sp³-hybridized carbons (Fsp3) is 0.333. The van der Waals surface area contributed by atoms with E-state index in [4.69, 9.17) is 0 Å². The maximum absolute atomic E-state index is 3.50. The molecule has 1 aliphatic carbocycles. The Labute approximate surface area is 115 Å². The third-order valence-corrected chi connectivity index (χ3v) is 4.04. The average molecular weight is 251 g/mol. The van der Waals surface area contributed by atoms with Gasteiger partial charge in [0.1, 0.15) is 0 Å². The van der Waals surface area contributed by atoms with Gasteiger partial charge in [0.15, 0.2) is 0 Å². The van der Waals surface area contributed by atoms with Gasteiger partial charge < -0.3 is 5.32 Å². The molecule has 3 rings (SSSR count). The smallest absolute Gasteiger partial charge is 0.0345 e. The van der Waals surface area contributed by atoms with Crippen LogP contribution in [0.4, 0.5) is 5.69 Å². The van der Waals surface area contributed by atoms with E-state index >= 15 is 0 Å². The van der Waals surface area contributed by atoms with Gasteiger partial charge >= 0.3 is 0 Å². The van der Waals surface area contributed by atoms with E-state index in [1.807, 2.05) is 0 Å². The lowest BCUT2D eigenvalue weighted by molar-refractivity contribution is 0.660. The number of anilines is 1. The van der Waals surface area contributed by atoms with Crippen molar-refractivity contribution in [2.75, 3.05) is 5.32 Å². The Kier molecular flexibility index (Phi) is 2.67. The minimum Gasteiger partial charge on any atom is -0.383 e. The standard InChI is InChI=1S/C18H21N/c1-12(2)19-13-9-10-15-14-7-5-6-8-16(14)18(3,4)17(15)11-13/h5-12,19H,1-4H3. The van der Waals surface area contributed by atoms with E-state index in [9.17, 15) is 0 Å². The number of hydrogen-bond acceptors (Lipinski definition) is 1. The first kappa shape index (κ1) is 12.3. The van der Waals surface area contributed by atoms with E-state index in [1.54, 1.807) is 0 Å². The van der Waals surface area contributed by atoms with Gasteiger partial charge in [-0.15, -0.1) is 0 Å². The number of hydrogen-bond donors (Lipinski definition) is 1. The van der Waals surface area contributed by atoms with Crippen molar-refractivity contribution < 1.29 is 0 Å². The zero-order chi connectivity index (χ0) is 13.6. The molecule has 0 unspecified atom stereocenters. The molecular formula is C18H21N. The van der Waals surface area contributed by atoms with Crippen LogP contribution in [0.2, 0.25) is 0 Å². The first-order chi connectivity index (χ1) is 9.00. The summed E-state index contributed by atoms with van der Waals surface area (Å²) >= 11 is 0. The summed E-state index contributed by atoms with van der Waals surface area (Å²) in [5.41, 5.74) is 6.95. The molecule has 1 nitrogen and oxygen atoms in total. The molecule has 0 bridgehead atoms. The molecule has 0 aliphatic heterocycles. The molecule has 0 fully saturated rings. The number of fused-ring (bicyclic) bond motifs is 3. The largest absolute Gasteiger partial charge is 0.383 e. The molecular weight excluding hydrogens is 230 g/mol. The monoisotopic (exact) mass is 251 g/mol. The van der Waals surface area contributed by atoms with Crippen molar-refractivity contribution in [3.8, 4) is 11.1 Å². The summed E-state index contributed by atoms with van der Waals surface area (Å²) in [7, 11) is 0. The fourth-order valence-corrected chi connectivity index (χ4v) is 3.13. The second-order valence-corrected chi connectivity index (χ2v) is 6.23. The Morgan fingerprint density at radius 1 is 0.895 bits per heavy atom. The summed E-state index contributed by atoms with van der Waals surface area (Å²) in [5, 5.41) is 3.50. The summed E-state index contributed by atoms with van der Waals surface area (Å²) < 4.78 is 0. The van der Waals surface area contributed by atoms with E-state index in [0.717, 1.165) is 0 Å². The molecule has 0 saturated heterocycles. The third kappa shape index (κ3) is 1.85. The molecule has 1 aliphatic rings. The van der Waals surface area contributed by atoms with Crippen LogP contribution in [-0.2, 0) is 5.41 Å². The topological polar surface area (TPSA) is 12.0 Å². The van der Waals surface area contributed by atoms with Crippen LogP contribution in [0, 0.1) is 0 Å². The molecule has 0 amide bonds. The van der Waals surface area contributed by atoms with Crippen LogP contribution in [0.1, 0.15) is 38.8 Å². The van der Waals surface area contributed by atoms with Crippen LogP contribution in [0.25, 0.3) is 11.1 Å². The van der Waals surface area contributed by atoms with Crippen LogP contribution in [0.3, 0.4) is 0 Å². The van der Waals surface area contributed by atoms with Gasteiger partial charge in [0.05, 0.1) is 0 Å². The van der Waals surface area contributed by atoms with Gasteiger partial charge in [0.2, 0.25) is 0 Å². The van der Waals surface area contributed by atoms with Crippen molar-refractivity contribution in [1.29, 1.82) is 0 Å². The van der Waals surface area contributed by atoms with Crippen LogP contribution in [-0.4, -0.2) is 6.04 Å². The summed E-state index contributed by atoms with van der Waals surface area (Å²) in [6.07, 6.45) is 0. The van der Waals surface area contributed by atoms with Crippen LogP contribution in [0.15, 0.2) is 42.5 Å². The van der Waals surface area contributed by atoms with Gasteiger partial charge in [-0.1, -0.05) is 44.2 Å². The molecule has 1 heteroatoms. The van der Waals surface area contributed by atoms with Crippen LogP contribution in [0.5, 0.6) is 0 Å². The van der Waals surface area contributed by atoms with Crippen molar-refractivity contribution in [2.24, 2.45) is 0 Å². The Morgan fingerprint density at radius 2 is 1.58 bits per heavy atom. The van der Waals surface area contributed by atoms with Gasteiger partial charge in [-0.2, -0.15) is 0 Å². The minimum atomic E-state index is 0.0978. The fourth-order valence-electron chi connectivity index (χ4n) is 3.13. The highest BCUT2D eigenvalue weighted by Gasteiger charge is 2.35. The molecule has 0 atom stereocenters. The second-order valence-electron chi connectivity index (χ2n) is 6.23. The van der Waals surface area contributed by atoms with E-state index in [1.165, 1.54) is 27.9 Å². The van der Waals surface area contributed by atoms with Crippen LogP contribution < -0.4 is 5.32 Å². The summed E-state index contributed by atoms with van der Waals surface area (Å²) in [4.78, 5) is 0. The summed E-state index contributed by atoms with van der Waals surface area (Å²) in [6, 6.07) is 16.0. The summed E-state index contributed by atoms with van der Waals surface area (Å²) in [5.74, 6) is 0. The summed E-state index contributed by atoms with van der Waals surface area (Å²) in [6.45, 7) is 8.98. The van der Waals surface area contributed by atoms with E-state index < -0.39 is 0 Å². The minimum absolute atomic E-state index is 0.0978. The average Bonchev–Trinajstić information content (AvgIpc) is 2.59. The Balaban J connectivity index is 2.16. The molecule has 0 radical (unpaired) electrons. The second kappa shape index (κ2) is 4.12. The number of nitrogens with one attached hydrogen (secondary N) is 1. The third-order valence-electron chi connectivity index (χ3n) is 4.04. The highest BCUT2D eigenvalue weighted by molar-refractivity contribution is 5.82. The Morgan fingerprint density at radius 3 is 2.32 bits per heavy atom. The SMILES string of the molecule is CC(C)Nc1ccc2c(c1)C(C)(C)c1ccccc1-2. The lowest BCUT2D eigenvalue weighted by Crippen LogP contribution is -2.16. The molecule has 0 aromatic heterocycles. The Hall–Kier alpha value is -1.76. The lowest BCUT2D eigenvalue weighted by atomic mass is 9.82. The lowest BCUT2D eigenvalue weighted by Gasteiger charge is -2.22. The predicted molar refractivity (Wildman–Crippen MR) is 82.8 cm³/mol. The molecule has 2 aromatic carbocycles. The highest BCUT2D eigenvalue weighted by Crippen LogP contribution is 2.49. The van der Waals surface area contributed by atoms with Crippen molar-refractivity contribution in [3.63, 3.8) is 0 Å². The predicted octanol–water partition coefficient (Wildman–Crippen LogP) is 4.81. The molecule has 0 spiro atoms. The zero-order valence-corrected chi connectivity index (χ0v) is 12.1. The van der Waals surface area contributed by atoms with Gasteiger partial charge in [-0.25, -0.2) is 0 Å². The van der Waals surface area contributed by atoms with Crippen molar-refractivity contribution in [2.45, 2.75) is 39.2 Å². The highest BCUT2D eigenvalue weighted by atomic mass is 14.9. The Bertz CT molecular complexity index is 623. The van der Waals surface area contributed by atoms with E-state index in [0.29, 0.717) is 6.04 Å². The van der Waals surface area contributed by atoms with Gasteiger partial charge in [-0.3, -0.25) is 0 Å². The zero-order valence-electron chi connectivity index (χ0n) is 12.1. The molecule has 98 valence electrons. The first-order valence-corrected chi connectivity index (χ1v) is 7.01. The normalized spacial score (nSPS) is 15.2. The van der Waals surface area contributed by atoms with Crippen LogP contribution >= 0.6 is 0 Å². The molecule has 0 heterocycles. The number of benzene rings is 2. The quantitative estimate of drug-likeness (QED) is 0.807. The van der Waals surface area contributed by atoms with Gasteiger partial charge in [0.25, 0.3) is 0 Å². The maximum atomic E-state index is 3.50. The molecule has 0 saturated carbocycles. The maximum Gasteiger partial charge on any atom is 0.0345 e. The molecule has 1 N–H and O–H groups in total.